The first-order chi connectivity index (χ1) is 9.68. The summed E-state index contributed by atoms with van der Waals surface area (Å²) in [7, 11) is 0. The van der Waals surface area contributed by atoms with Gasteiger partial charge in [-0.15, -0.1) is 0 Å². The molecule has 0 aromatic rings. The van der Waals surface area contributed by atoms with E-state index in [0.29, 0.717) is 23.8 Å². The minimum Gasteiger partial charge on any atom is -0.373 e. The Bertz CT molecular complexity index is 396. The fourth-order valence-corrected chi connectivity index (χ4v) is 5.35. The number of carbonyl (C=O) groups is 1. The summed E-state index contributed by atoms with van der Waals surface area (Å²) in [6.07, 6.45) is 5.88. The molecule has 0 aromatic heterocycles. The Morgan fingerprint density at radius 3 is 2.90 bits per heavy atom. The maximum atomic E-state index is 13.0. The largest absolute Gasteiger partial charge is 0.373 e. The van der Waals surface area contributed by atoms with E-state index in [4.69, 9.17) is 4.74 Å². The maximum Gasteiger partial charge on any atom is 0.229 e. The van der Waals surface area contributed by atoms with Crippen LogP contribution in [0.15, 0.2) is 12.2 Å². The van der Waals surface area contributed by atoms with Crippen molar-refractivity contribution >= 4 is 17.7 Å². The number of hydrogen-bond acceptors (Lipinski definition) is 3. The normalized spacial score (nSPS) is 37.5. The Balaban J connectivity index is 1.73. The first-order valence-corrected chi connectivity index (χ1v) is 8.92. The summed E-state index contributed by atoms with van der Waals surface area (Å²) in [5, 5.41) is 0.673. The van der Waals surface area contributed by atoms with E-state index in [0.717, 1.165) is 24.3 Å². The third-order valence-electron chi connectivity index (χ3n) is 4.91. The topological polar surface area (TPSA) is 29.5 Å². The number of nitrogens with zero attached hydrogens (tertiary/aromatic N) is 1. The van der Waals surface area contributed by atoms with E-state index in [1.54, 1.807) is 0 Å². The summed E-state index contributed by atoms with van der Waals surface area (Å²) in [6, 6.07) is 0.473. The van der Waals surface area contributed by atoms with Gasteiger partial charge in [0, 0.05) is 30.2 Å². The van der Waals surface area contributed by atoms with Crippen LogP contribution < -0.4 is 0 Å². The van der Waals surface area contributed by atoms with Gasteiger partial charge in [0.15, 0.2) is 0 Å². The molecule has 3 rings (SSSR count). The zero-order valence-corrected chi connectivity index (χ0v) is 13.2. The van der Waals surface area contributed by atoms with Crippen LogP contribution in [-0.4, -0.2) is 47.1 Å². The summed E-state index contributed by atoms with van der Waals surface area (Å²) in [5.41, 5.74) is 0.993. The van der Waals surface area contributed by atoms with E-state index in [9.17, 15) is 4.79 Å². The number of thioether (sulfide) groups is 1. The lowest BCUT2D eigenvalue weighted by molar-refractivity contribution is -0.139. The molecule has 2 heterocycles. The molecular formula is C16H25NO2S. The zero-order chi connectivity index (χ0) is 14.1. The van der Waals surface area contributed by atoms with Gasteiger partial charge in [-0.05, 0) is 26.2 Å². The molecule has 3 aliphatic rings. The van der Waals surface area contributed by atoms with Gasteiger partial charge in [0.2, 0.25) is 5.91 Å². The van der Waals surface area contributed by atoms with Crippen LogP contribution in [0.1, 0.15) is 39.0 Å². The van der Waals surface area contributed by atoms with Gasteiger partial charge in [-0.25, -0.2) is 0 Å². The van der Waals surface area contributed by atoms with Crippen LogP contribution in [-0.2, 0) is 9.53 Å². The first-order valence-electron chi connectivity index (χ1n) is 7.87. The molecule has 1 amide bonds. The lowest BCUT2D eigenvalue weighted by Crippen LogP contribution is -2.54. The van der Waals surface area contributed by atoms with Crippen LogP contribution in [0.4, 0.5) is 0 Å². The number of fused-ring (bicyclic) bond motifs is 1. The number of rotatable bonds is 2. The van der Waals surface area contributed by atoms with E-state index < -0.39 is 0 Å². The average molecular weight is 295 g/mol. The highest BCUT2D eigenvalue weighted by Crippen LogP contribution is 2.37. The molecule has 3 nitrogen and oxygen atoms in total. The molecule has 0 bridgehead atoms. The molecule has 0 radical (unpaired) electrons. The lowest BCUT2D eigenvalue weighted by atomic mass is 9.90. The molecule has 0 N–H and O–H groups in total. The number of carbonyl (C=O) groups excluding carboxylic acids is 1. The summed E-state index contributed by atoms with van der Waals surface area (Å²) >= 11 is 2.08. The van der Waals surface area contributed by atoms with Gasteiger partial charge < -0.3 is 9.64 Å². The number of hydrogen-bond donors (Lipinski definition) is 0. The summed E-state index contributed by atoms with van der Waals surface area (Å²) in [6.45, 7) is 7.59. The molecule has 1 saturated carbocycles. The van der Waals surface area contributed by atoms with Gasteiger partial charge >= 0.3 is 0 Å². The van der Waals surface area contributed by atoms with Crippen molar-refractivity contribution in [3.8, 4) is 0 Å². The van der Waals surface area contributed by atoms with Crippen LogP contribution in [0.25, 0.3) is 0 Å². The monoisotopic (exact) mass is 295 g/mol. The molecular weight excluding hydrogens is 270 g/mol. The summed E-state index contributed by atoms with van der Waals surface area (Å²) in [4.78, 5) is 15.2. The Labute approximate surface area is 126 Å². The van der Waals surface area contributed by atoms with Gasteiger partial charge in [0.1, 0.15) is 0 Å². The molecule has 0 spiro atoms. The molecule has 4 atom stereocenters. The van der Waals surface area contributed by atoms with Crippen LogP contribution in [0, 0.1) is 5.92 Å². The van der Waals surface area contributed by atoms with Gasteiger partial charge in [-0.1, -0.05) is 25.0 Å². The standard InChI is InChI=1S/C16H25NO2S/c1-11(2)15-12(7-9-19-15)16(18)17-8-10-20-14-6-4-3-5-13(14)17/h12-15H,1,3-10H2,2H3/t12-,13+,14+,15-/m1/s1. The molecule has 0 aromatic carbocycles. The Hall–Kier alpha value is -0.480. The molecule has 1 aliphatic carbocycles. The highest BCUT2D eigenvalue weighted by molar-refractivity contribution is 8.00. The van der Waals surface area contributed by atoms with E-state index in [-0.39, 0.29) is 12.0 Å². The minimum atomic E-state index is -0.0564. The summed E-state index contributed by atoms with van der Waals surface area (Å²) < 4.78 is 5.72. The second-order valence-corrected chi connectivity index (χ2v) is 7.67. The van der Waals surface area contributed by atoms with Crippen LogP contribution in [0.2, 0.25) is 0 Å². The molecule has 0 unspecified atom stereocenters. The first kappa shape index (κ1) is 14.5. The van der Waals surface area contributed by atoms with Crippen LogP contribution in [0.5, 0.6) is 0 Å². The van der Waals surface area contributed by atoms with Crippen LogP contribution in [0.3, 0.4) is 0 Å². The predicted octanol–water partition coefficient (Wildman–Crippen LogP) is 2.85. The van der Waals surface area contributed by atoms with Crippen molar-refractivity contribution in [2.45, 2.75) is 56.4 Å². The summed E-state index contributed by atoms with van der Waals surface area (Å²) in [5.74, 6) is 1.43. The van der Waals surface area contributed by atoms with Crippen molar-refractivity contribution in [3.63, 3.8) is 0 Å². The van der Waals surface area contributed by atoms with Crippen molar-refractivity contribution in [2.24, 2.45) is 5.92 Å². The van der Waals surface area contributed by atoms with E-state index in [1.165, 1.54) is 25.7 Å². The second-order valence-electron chi connectivity index (χ2n) is 6.33. The molecule has 2 saturated heterocycles. The van der Waals surface area contributed by atoms with Crippen molar-refractivity contribution in [1.82, 2.24) is 4.90 Å². The van der Waals surface area contributed by atoms with Gasteiger partial charge in [0.05, 0.1) is 12.0 Å². The SMILES string of the molecule is C=C(C)[C@H]1OCC[C@H]1C(=O)N1CCS[C@H]2CCCC[C@@H]21. The fourth-order valence-electron chi connectivity index (χ4n) is 3.91. The van der Waals surface area contributed by atoms with Crippen molar-refractivity contribution < 1.29 is 9.53 Å². The average Bonchev–Trinajstić information content (AvgIpc) is 2.95. The third-order valence-corrected chi connectivity index (χ3v) is 6.31. The van der Waals surface area contributed by atoms with Gasteiger partial charge in [-0.2, -0.15) is 11.8 Å². The number of amides is 1. The molecule has 4 heteroatoms. The highest BCUT2D eigenvalue weighted by Gasteiger charge is 2.42. The van der Waals surface area contributed by atoms with Crippen molar-refractivity contribution in [3.05, 3.63) is 12.2 Å². The molecule has 20 heavy (non-hydrogen) atoms. The number of ether oxygens (including phenoxy) is 1. The van der Waals surface area contributed by atoms with Crippen LogP contribution >= 0.6 is 11.8 Å². The fraction of sp³-hybridized carbons (Fsp3) is 0.812. The predicted molar refractivity (Wildman–Crippen MR) is 82.9 cm³/mol. The minimum absolute atomic E-state index is 0.0122. The van der Waals surface area contributed by atoms with Gasteiger partial charge in [-0.3, -0.25) is 4.79 Å². The van der Waals surface area contributed by atoms with Crippen molar-refractivity contribution in [2.75, 3.05) is 18.9 Å². The van der Waals surface area contributed by atoms with Gasteiger partial charge in [0.25, 0.3) is 0 Å². The van der Waals surface area contributed by atoms with E-state index >= 15 is 0 Å². The Morgan fingerprint density at radius 1 is 1.30 bits per heavy atom. The molecule has 3 fully saturated rings. The smallest absolute Gasteiger partial charge is 0.229 e. The Morgan fingerprint density at radius 2 is 2.10 bits per heavy atom. The maximum absolute atomic E-state index is 13.0. The van der Waals surface area contributed by atoms with E-state index in [1.807, 2.05) is 6.92 Å². The molecule has 2 aliphatic heterocycles. The van der Waals surface area contributed by atoms with E-state index in [2.05, 4.69) is 23.2 Å². The quantitative estimate of drug-likeness (QED) is 0.734. The molecule has 112 valence electrons. The third kappa shape index (κ3) is 2.64. The zero-order valence-electron chi connectivity index (χ0n) is 12.3. The van der Waals surface area contributed by atoms with Crippen molar-refractivity contribution in [1.29, 1.82) is 0 Å². The highest BCUT2D eigenvalue weighted by atomic mass is 32.2. The second kappa shape index (κ2) is 6.10. The lowest BCUT2D eigenvalue weighted by Gasteiger charge is -2.44. The Kier molecular flexibility index (Phi) is 4.41.